The molecule has 78 valence electrons. The number of unbranched alkanes of at least 4 members (excludes halogenated alkanes) is 1. The average Bonchev–Trinajstić information content (AvgIpc) is 2.19. The molecule has 4 heteroatoms. The van der Waals surface area contributed by atoms with E-state index in [4.69, 9.17) is 12.2 Å². The molecule has 1 fully saturated rings. The Labute approximate surface area is 84.8 Å². The van der Waals surface area contributed by atoms with E-state index in [1.165, 1.54) is 0 Å². The SMILES string of the molecule is C#CCCCN1CCNCC1C(N)=O. The Bertz CT molecular complexity index is 234. The molecule has 1 aliphatic rings. The van der Waals surface area contributed by atoms with Crippen LogP contribution in [0.2, 0.25) is 0 Å². The molecule has 0 spiro atoms. The molecular weight excluding hydrogens is 178 g/mol. The van der Waals surface area contributed by atoms with Crippen molar-refractivity contribution in [2.45, 2.75) is 18.9 Å². The average molecular weight is 195 g/mol. The summed E-state index contributed by atoms with van der Waals surface area (Å²) in [7, 11) is 0. The van der Waals surface area contributed by atoms with Crippen LogP contribution < -0.4 is 11.1 Å². The van der Waals surface area contributed by atoms with Crippen molar-refractivity contribution in [2.75, 3.05) is 26.2 Å². The number of hydrogen-bond donors (Lipinski definition) is 2. The van der Waals surface area contributed by atoms with Crippen molar-refractivity contribution in [1.82, 2.24) is 10.2 Å². The van der Waals surface area contributed by atoms with Crippen LogP contribution in [0, 0.1) is 12.3 Å². The monoisotopic (exact) mass is 195 g/mol. The zero-order valence-corrected chi connectivity index (χ0v) is 8.33. The Balaban J connectivity index is 2.38. The number of hydrogen-bond acceptors (Lipinski definition) is 3. The lowest BCUT2D eigenvalue weighted by Crippen LogP contribution is -2.56. The van der Waals surface area contributed by atoms with Crippen molar-refractivity contribution in [2.24, 2.45) is 5.73 Å². The van der Waals surface area contributed by atoms with Gasteiger partial charge in [0, 0.05) is 26.1 Å². The normalized spacial score (nSPS) is 22.9. The lowest BCUT2D eigenvalue weighted by Gasteiger charge is -2.33. The van der Waals surface area contributed by atoms with Crippen LogP contribution in [0.4, 0.5) is 0 Å². The number of terminal acetylenes is 1. The van der Waals surface area contributed by atoms with Gasteiger partial charge in [-0.05, 0) is 13.0 Å². The number of nitrogens with zero attached hydrogens (tertiary/aromatic N) is 1. The second-order valence-corrected chi connectivity index (χ2v) is 3.47. The van der Waals surface area contributed by atoms with Crippen LogP contribution in [0.25, 0.3) is 0 Å². The van der Waals surface area contributed by atoms with Crippen molar-refractivity contribution in [1.29, 1.82) is 0 Å². The number of carbonyl (C=O) groups excluding carboxylic acids is 1. The number of primary amides is 1. The van der Waals surface area contributed by atoms with E-state index in [0.29, 0.717) is 6.54 Å². The van der Waals surface area contributed by atoms with E-state index in [-0.39, 0.29) is 11.9 Å². The van der Waals surface area contributed by atoms with Gasteiger partial charge in [-0.2, -0.15) is 0 Å². The highest BCUT2D eigenvalue weighted by molar-refractivity contribution is 5.80. The first-order chi connectivity index (χ1) is 6.75. The van der Waals surface area contributed by atoms with E-state index in [2.05, 4.69) is 16.1 Å². The molecule has 3 N–H and O–H groups in total. The molecule has 0 radical (unpaired) electrons. The van der Waals surface area contributed by atoms with Crippen LogP contribution in [0.5, 0.6) is 0 Å². The minimum Gasteiger partial charge on any atom is -0.368 e. The molecule has 0 aromatic rings. The highest BCUT2D eigenvalue weighted by atomic mass is 16.1. The van der Waals surface area contributed by atoms with Gasteiger partial charge in [-0.3, -0.25) is 9.69 Å². The maximum absolute atomic E-state index is 11.1. The van der Waals surface area contributed by atoms with Crippen molar-refractivity contribution >= 4 is 5.91 Å². The van der Waals surface area contributed by atoms with Gasteiger partial charge in [0.2, 0.25) is 5.91 Å². The fourth-order valence-corrected chi connectivity index (χ4v) is 1.68. The van der Waals surface area contributed by atoms with Crippen LogP contribution in [-0.2, 0) is 4.79 Å². The van der Waals surface area contributed by atoms with Crippen LogP contribution in [0.15, 0.2) is 0 Å². The summed E-state index contributed by atoms with van der Waals surface area (Å²) in [5, 5.41) is 3.15. The summed E-state index contributed by atoms with van der Waals surface area (Å²) in [5.41, 5.74) is 5.30. The molecular formula is C10H17N3O. The molecule has 0 aliphatic carbocycles. The molecule has 0 saturated carbocycles. The predicted molar refractivity (Wildman–Crippen MR) is 55.5 cm³/mol. The molecule has 4 nitrogen and oxygen atoms in total. The molecule has 1 unspecified atom stereocenters. The van der Waals surface area contributed by atoms with Crippen LogP contribution in [0.3, 0.4) is 0 Å². The molecule has 0 bridgehead atoms. The van der Waals surface area contributed by atoms with E-state index in [9.17, 15) is 4.79 Å². The largest absolute Gasteiger partial charge is 0.368 e. The number of rotatable bonds is 4. The van der Waals surface area contributed by atoms with Gasteiger partial charge in [0.1, 0.15) is 6.04 Å². The van der Waals surface area contributed by atoms with E-state index in [0.717, 1.165) is 32.5 Å². The Morgan fingerprint density at radius 2 is 2.50 bits per heavy atom. The number of nitrogens with two attached hydrogens (primary N) is 1. The van der Waals surface area contributed by atoms with Gasteiger partial charge in [-0.25, -0.2) is 0 Å². The fourth-order valence-electron chi connectivity index (χ4n) is 1.68. The zero-order chi connectivity index (χ0) is 10.4. The first-order valence-corrected chi connectivity index (χ1v) is 4.93. The Morgan fingerprint density at radius 1 is 1.71 bits per heavy atom. The highest BCUT2D eigenvalue weighted by Crippen LogP contribution is 2.04. The summed E-state index contributed by atoms with van der Waals surface area (Å²) in [6, 6.07) is -0.165. The minimum atomic E-state index is -0.252. The number of nitrogens with one attached hydrogen (secondary N) is 1. The summed E-state index contributed by atoms with van der Waals surface area (Å²) < 4.78 is 0. The molecule has 14 heavy (non-hydrogen) atoms. The summed E-state index contributed by atoms with van der Waals surface area (Å²) in [5.74, 6) is 2.34. The highest BCUT2D eigenvalue weighted by Gasteiger charge is 2.25. The van der Waals surface area contributed by atoms with Crippen molar-refractivity contribution in [3.8, 4) is 12.3 Å². The van der Waals surface area contributed by atoms with Gasteiger partial charge in [-0.1, -0.05) is 0 Å². The third-order valence-corrected chi connectivity index (χ3v) is 2.45. The Hall–Kier alpha value is -1.05. The second-order valence-electron chi connectivity index (χ2n) is 3.47. The second kappa shape index (κ2) is 5.63. The van der Waals surface area contributed by atoms with Gasteiger partial charge in [-0.15, -0.1) is 12.3 Å². The smallest absolute Gasteiger partial charge is 0.236 e. The quantitative estimate of drug-likeness (QED) is 0.454. The Kier molecular flexibility index (Phi) is 4.44. The third kappa shape index (κ3) is 3.02. The first kappa shape index (κ1) is 11.0. The van der Waals surface area contributed by atoms with Gasteiger partial charge >= 0.3 is 0 Å². The standard InChI is InChI=1S/C10H17N3O/c1-2-3-4-6-13-7-5-12-8-9(13)10(11)14/h1,9,12H,3-8H2,(H2,11,14). The topological polar surface area (TPSA) is 58.4 Å². The van der Waals surface area contributed by atoms with E-state index in [1.54, 1.807) is 0 Å². The van der Waals surface area contributed by atoms with Crippen molar-refractivity contribution in [3.05, 3.63) is 0 Å². The number of piperazine rings is 1. The van der Waals surface area contributed by atoms with E-state index >= 15 is 0 Å². The number of amides is 1. The number of carbonyl (C=O) groups is 1. The molecule has 1 aliphatic heterocycles. The van der Waals surface area contributed by atoms with Crippen molar-refractivity contribution in [3.63, 3.8) is 0 Å². The van der Waals surface area contributed by atoms with Gasteiger partial charge in [0.15, 0.2) is 0 Å². The molecule has 0 aromatic carbocycles. The molecule has 1 heterocycles. The Morgan fingerprint density at radius 3 is 3.14 bits per heavy atom. The lowest BCUT2D eigenvalue weighted by atomic mass is 10.1. The molecule has 0 aromatic heterocycles. The molecule has 1 rings (SSSR count). The first-order valence-electron chi connectivity index (χ1n) is 4.93. The maximum atomic E-state index is 11.1. The zero-order valence-electron chi connectivity index (χ0n) is 8.33. The molecule has 1 atom stereocenters. The van der Waals surface area contributed by atoms with Gasteiger partial charge in [0.05, 0.1) is 0 Å². The maximum Gasteiger partial charge on any atom is 0.236 e. The minimum absolute atomic E-state index is 0.165. The van der Waals surface area contributed by atoms with Gasteiger partial charge < -0.3 is 11.1 Å². The predicted octanol–water partition coefficient (Wildman–Crippen LogP) is -0.841. The molecule has 1 amide bonds. The van der Waals surface area contributed by atoms with Crippen molar-refractivity contribution < 1.29 is 4.79 Å². The summed E-state index contributed by atoms with van der Waals surface area (Å²) in [4.78, 5) is 13.2. The lowest BCUT2D eigenvalue weighted by molar-refractivity contribution is -0.123. The van der Waals surface area contributed by atoms with E-state index in [1.807, 2.05) is 0 Å². The van der Waals surface area contributed by atoms with Crippen LogP contribution in [-0.4, -0.2) is 43.0 Å². The summed E-state index contributed by atoms with van der Waals surface area (Å²) in [6.07, 6.45) is 6.86. The summed E-state index contributed by atoms with van der Waals surface area (Å²) >= 11 is 0. The third-order valence-electron chi connectivity index (χ3n) is 2.45. The fraction of sp³-hybridized carbons (Fsp3) is 0.700. The van der Waals surface area contributed by atoms with Crippen LogP contribution in [0.1, 0.15) is 12.8 Å². The van der Waals surface area contributed by atoms with Crippen LogP contribution >= 0.6 is 0 Å². The van der Waals surface area contributed by atoms with Gasteiger partial charge in [0.25, 0.3) is 0 Å². The molecule has 1 saturated heterocycles. The van der Waals surface area contributed by atoms with E-state index < -0.39 is 0 Å². The summed E-state index contributed by atoms with van der Waals surface area (Å²) in [6.45, 7) is 3.31.